The van der Waals surface area contributed by atoms with Crippen molar-refractivity contribution in [2.24, 2.45) is 0 Å². The maximum absolute atomic E-state index is 11.6. The van der Waals surface area contributed by atoms with Crippen molar-refractivity contribution < 1.29 is 15.0 Å². The molecule has 1 rings (SSSR count). The summed E-state index contributed by atoms with van der Waals surface area (Å²) in [4.78, 5) is 12.1. The van der Waals surface area contributed by atoms with Gasteiger partial charge in [-0.15, -0.1) is 0 Å². The predicted molar refractivity (Wildman–Crippen MR) is 69.7 cm³/mol. The zero-order chi connectivity index (χ0) is 12.8. The zero-order valence-corrected chi connectivity index (χ0v) is 11.2. The van der Waals surface area contributed by atoms with Crippen molar-refractivity contribution in [3.8, 4) is 11.5 Å². The normalized spacial score (nSPS) is 12.1. The van der Waals surface area contributed by atoms with E-state index in [4.69, 9.17) is 0 Å². The Morgan fingerprint density at radius 1 is 1.35 bits per heavy atom. The van der Waals surface area contributed by atoms with Gasteiger partial charge in [0, 0.05) is 23.0 Å². The lowest BCUT2D eigenvalue weighted by Crippen LogP contribution is -2.24. The van der Waals surface area contributed by atoms with Crippen molar-refractivity contribution in [3.63, 3.8) is 0 Å². The first-order chi connectivity index (χ1) is 7.99. The highest BCUT2D eigenvalue weighted by molar-refractivity contribution is 9.09. The summed E-state index contributed by atoms with van der Waals surface area (Å²) in [5.74, 6) is -0.535. The third-order valence-corrected chi connectivity index (χ3v) is 2.69. The molecular weight excluding hydrogens is 286 g/mol. The highest BCUT2D eigenvalue weighted by Gasteiger charge is 2.07. The quantitative estimate of drug-likeness (QED) is 0.578. The Morgan fingerprint density at radius 2 is 1.94 bits per heavy atom. The van der Waals surface area contributed by atoms with E-state index >= 15 is 0 Å². The van der Waals surface area contributed by atoms with Crippen LogP contribution in [-0.4, -0.2) is 27.5 Å². The molecule has 0 saturated heterocycles. The van der Waals surface area contributed by atoms with Crippen molar-refractivity contribution in [2.75, 3.05) is 6.54 Å². The van der Waals surface area contributed by atoms with Gasteiger partial charge < -0.3 is 15.5 Å². The van der Waals surface area contributed by atoms with Gasteiger partial charge in [0.1, 0.15) is 11.5 Å². The summed E-state index contributed by atoms with van der Waals surface area (Å²) in [7, 11) is 0. The molecule has 0 spiro atoms. The number of carbonyl (C=O) groups excluding carboxylic acids is 1. The van der Waals surface area contributed by atoms with Crippen LogP contribution in [0.5, 0.6) is 11.5 Å². The Morgan fingerprint density at radius 3 is 2.47 bits per heavy atom. The van der Waals surface area contributed by atoms with Gasteiger partial charge in [-0.05, 0) is 25.0 Å². The maximum atomic E-state index is 11.6. The van der Waals surface area contributed by atoms with Crippen LogP contribution in [0.2, 0.25) is 0 Å². The van der Waals surface area contributed by atoms with Gasteiger partial charge in [0.2, 0.25) is 0 Å². The van der Waals surface area contributed by atoms with E-state index in [9.17, 15) is 15.0 Å². The zero-order valence-electron chi connectivity index (χ0n) is 9.61. The van der Waals surface area contributed by atoms with E-state index in [0.717, 1.165) is 12.8 Å². The number of hydrogen-bond donors (Lipinski definition) is 3. The van der Waals surface area contributed by atoms with E-state index < -0.39 is 0 Å². The van der Waals surface area contributed by atoms with Gasteiger partial charge in [-0.25, -0.2) is 0 Å². The lowest BCUT2D eigenvalue weighted by Gasteiger charge is -2.07. The fraction of sp³-hybridized carbons (Fsp3) is 0.417. The van der Waals surface area contributed by atoms with Gasteiger partial charge in [-0.3, -0.25) is 4.79 Å². The highest BCUT2D eigenvalue weighted by Crippen LogP contribution is 2.20. The second-order valence-electron chi connectivity index (χ2n) is 3.92. The molecule has 0 radical (unpaired) electrons. The minimum atomic E-state index is -0.293. The number of carbonyl (C=O) groups is 1. The molecule has 0 aromatic heterocycles. The monoisotopic (exact) mass is 301 g/mol. The van der Waals surface area contributed by atoms with Crippen LogP contribution in [0.3, 0.4) is 0 Å². The predicted octanol–water partition coefficient (Wildman–Crippen LogP) is 2.39. The first-order valence-corrected chi connectivity index (χ1v) is 6.36. The van der Waals surface area contributed by atoms with E-state index in [0.29, 0.717) is 11.4 Å². The number of amides is 1. The van der Waals surface area contributed by atoms with Crippen molar-refractivity contribution in [3.05, 3.63) is 23.8 Å². The topological polar surface area (TPSA) is 69.6 Å². The third-order valence-electron chi connectivity index (χ3n) is 2.23. The second-order valence-corrected chi connectivity index (χ2v) is 5.48. The van der Waals surface area contributed by atoms with Crippen LogP contribution >= 0.6 is 15.9 Å². The summed E-state index contributed by atoms with van der Waals surface area (Å²) in [6.45, 7) is 2.63. The molecule has 0 heterocycles. The van der Waals surface area contributed by atoms with Gasteiger partial charge in [-0.1, -0.05) is 22.9 Å². The number of alkyl halides is 1. The van der Waals surface area contributed by atoms with E-state index in [1.165, 1.54) is 18.2 Å². The fourth-order valence-corrected chi connectivity index (χ4v) is 1.74. The van der Waals surface area contributed by atoms with Gasteiger partial charge in [0.05, 0.1) is 0 Å². The molecule has 0 bridgehead atoms. The number of nitrogens with one attached hydrogen (secondary N) is 1. The SMILES string of the molecule is CC(Br)CCCNC(=O)c1cc(O)cc(O)c1. The number of rotatable bonds is 5. The Labute approximate surface area is 109 Å². The molecule has 0 aliphatic rings. The van der Waals surface area contributed by atoms with Crippen LogP contribution in [0, 0.1) is 0 Å². The summed E-state index contributed by atoms with van der Waals surface area (Å²) < 4.78 is 0. The lowest BCUT2D eigenvalue weighted by molar-refractivity contribution is 0.0952. The molecule has 1 amide bonds. The number of aromatic hydroxyl groups is 2. The van der Waals surface area contributed by atoms with Crippen LogP contribution in [-0.2, 0) is 0 Å². The maximum Gasteiger partial charge on any atom is 0.251 e. The Bertz CT molecular complexity index is 373. The van der Waals surface area contributed by atoms with Crippen molar-refractivity contribution in [1.82, 2.24) is 5.32 Å². The van der Waals surface area contributed by atoms with Gasteiger partial charge in [0.25, 0.3) is 5.91 Å². The average molecular weight is 302 g/mol. The van der Waals surface area contributed by atoms with Crippen LogP contribution in [0.1, 0.15) is 30.1 Å². The van der Waals surface area contributed by atoms with Gasteiger partial charge in [0.15, 0.2) is 0 Å². The summed E-state index contributed by atoms with van der Waals surface area (Å²) in [5.41, 5.74) is 0.259. The number of phenols is 2. The average Bonchev–Trinajstić information content (AvgIpc) is 2.22. The highest BCUT2D eigenvalue weighted by atomic mass is 79.9. The number of hydrogen-bond acceptors (Lipinski definition) is 3. The summed E-state index contributed by atoms with van der Waals surface area (Å²) in [5, 5.41) is 21.2. The number of halogens is 1. The molecule has 0 aliphatic heterocycles. The summed E-state index contributed by atoms with van der Waals surface area (Å²) in [6, 6.07) is 3.83. The molecule has 0 aliphatic carbocycles. The molecule has 3 N–H and O–H groups in total. The molecule has 4 nitrogen and oxygen atoms in total. The molecular formula is C12H16BrNO3. The second kappa shape index (κ2) is 6.49. The van der Waals surface area contributed by atoms with Crippen LogP contribution in [0.15, 0.2) is 18.2 Å². The molecule has 17 heavy (non-hydrogen) atoms. The standard InChI is InChI=1S/C12H16BrNO3/c1-8(13)3-2-4-14-12(17)9-5-10(15)7-11(16)6-9/h5-8,15-16H,2-4H2,1H3,(H,14,17). The van der Waals surface area contributed by atoms with Gasteiger partial charge in [-0.2, -0.15) is 0 Å². The fourth-order valence-electron chi connectivity index (χ4n) is 1.41. The molecule has 1 aromatic rings. The Kier molecular flexibility index (Phi) is 5.28. The van der Waals surface area contributed by atoms with E-state index in [-0.39, 0.29) is 23.0 Å². The molecule has 1 aromatic carbocycles. The minimum absolute atomic E-state index is 0.121. The molecule has 94 valence electrons. The first kappa shape index (κ1) is 13.8. The third kappa shape index (κ3) is 5.08. The van der Waals surface area contributed by atoms with Crippen LogP contribution < -0.4 is 5.32 Å². The molecule has 0 fully saturated rings. The van der Waals surface area contributed by atoms with Crippen molar-refractivity contribution in [1.29, 1.82) is 0 Å². The van der Waals surface area contributed by atoms with E-state index in [1.807, 2.05) is 0 Å². The lowest BCUT2D eigenvalue weighted by atomic mass is 10.2. The Hall–Kier alpha value is -1.23. The molecule has 5 heteroatoms. The smallest absolute Gasteiger partial charge is 0.251 e. The number of phenolic OH excluding ortho intramolecular Hbond substituents is 2. The molecule has 1 unspecified atom stereocenters. The molecule has 1 atom stereocenters. The minimum Gasteiger partial charge on any atom is -0.508 e. The molecule has 0 saturated carbocycles. The van der Waals surface area contributed by atoms with Gasteiger partial charge >= 0.3 is 0 Å². The van der Waals surface area contributed by atoms with Crippen molar-refractivity contribution >= 4 is 21.8 Å². The first-order valence-electron chi connectivity index (χ1n) is 5.44. The summed E-state index contributed by atoms with van der Waals surface area (Å²) in [6.07, 6.45) is 1.86. The summed E-state index contributed by atoms with van der Waals surface area (Å²) >= 11 is 3.43. The van der Waals surface area contributed by atoms with E-state index in [1.54, 1.807) is 0 Å². The van der Waals surface area contributed by atoms with Crippen molar-refractivity contribution in [2.45, 2.75) is 24.6 Å². The van der Waals surface area contributed by atoms with Crippen LogP contribution in [0.4, 0.5) is 0 Å². The van der Waals surface area contributed by atoms with E-state index in [2.05, 4.69) is 28.2 Å². The Balaban J connectivity index is 2.47. The van der Waals surface area contributed by atoms with Crippen LogP contribution in [0.25, 0.3) is 0 Å². The largest absolute Gasteiger partial charge is 0.508 e. The number of benzene rings is 1.